The minimum Gasteiger partial charge on any atom is -0.466 e. The van der Waals surface area contributed by atoms with E-state index in [0.717, 1.165) is 22.9 Å². The molecule has 5 heteroatoms. The number of ether oxygens (including phenoxy) is 2. The van der Waals surface area contributed by atoms with Gasteiger partial charge in [0, 0.05) is 17.3 Å². The minimum absolute atomic E-state index is 0.227. The van der Waals surface area contributed by atoms with Gasteiger partial charge in [-0.25, -0.2) is 0 Å². The molecule has 0 spiro atoms. The average Bonchev–Trinajstić information content (AvgIpc) is 2.64. The molecule has 152 valence electrons. The molecule has 1 aromatic rings. The smallest absolute Gasteiger partial charge is 0.306 e. The largest absolute Gasteiger partial charge is 0.466 e. The van der Waals surface area contributed by atoms with Gasteiger partial charge in [0.2, 0.25) is 0 Å². The normalized spacial score (nSPS) is 11.8. The molecule has 0 aromatic heterocycles. The van der Waals surface area contributed by atoms with Crippen molar-refractivity contribution in [3.05, 3.63) is 34.3 Å². The van der Waals surface area contributed by atoms with Crippen molar-refractivity contribution in [2.45, 2.75) is 84.2 Å². The van der Waals surface area contributed by atoms with Crippen LogP contribution in [0.1, 0.15) is 89.7 Å². The molecule has 1 atom stereocenters. The van der Waals surface area contributed by atoms with E-state index in [4.69, 9.17) is 9.47 Å². The first-order valence-corrected chi connectivity index (χ1v) is 10.9. The van der Waals surface area contributed by atoms with Gasteiger partial charge in [0.1, 0.15) is 6.10 Å². The highest BCUT2D eigenvalue weighted by Gasteiger charge is 2.13. The van der Waals surface area contributed by atoms with Crippen LogP contribution in [0.5, 0.6) is 0 Å². The Bertz CT molecular complexity index is 559. The molecule has 0 heterocycles. The third-order valence-electron chi connectivity index (χ3n) is 4.40. The fourth-order valence-corrected chi connectivity index (χ4v) is 3.19. The predicted octanol–water partition coefficient (Wildman–Crippen LogP) is 6.52. The number of benzene rings is 1. The molecular formula is C22H33BrO4. The molecule has 0 bridgehead atoms. The molecular weight excluding hydrogens is 408 g/mol. The van der Waals surface area contributed by atoms with E-state index in [0.29, 0.717) is 13.0 Å². The molecule has 1 unspecified atom stereocenters. The Labute approximate surface area is 172 Å². The maximum Gasteiger partial charge on any atom is 0.306 e. The van der Waals surface area contributed by atoms with Gasteiger partial charge in [-0.2, -0.15) is 0 Å². The summed E-state index contributed by atoms with van der Waals surface area (Å²) in [5, 5.41) is 0. The number of esters is 2. The van der Waals surface area contributed by atoms with Crippen molar-refractivity contribution in [2.24, 2.45) is 0 Å². The van der Waals surface area contributed by atoms with Crippen molar-refractivity contribution in [2.75, 3.05) is 6.61 Å². The molecule has 0 aliphatic rings. The Balaban J connectivity index is 2.05. The summed E-state index contributed by atoms with van der Waals surface area (Å²) in [6.07, 6.45) is 9.00. The van der Waals surface area contributed by atoms with Crippen LogP contribution in [-0.2, 0) is 19.1 Å². The van der Waals surface area contributed by atoms with Gasteiger partial charge in [-0.3, -0.25) is 9.59 Å². The second kappa shape index (κ2) is 14.7. The van der Waals surface area contributed by atoms with Crippen LogP contribution in [-0.4, -0.2) is 18.5 Å². The maximum absolute atomic E-state index is 11.9. The summed E-state index contributed by atoms with van der Waals surface area (Å²) in [5.41, 5.74) is 0.937. The molecule has 0 aliphatic heterocycles. The first-order chi connectivity index (χ1) is 13.0. The highest BCUT2D eigenvalue weighted by molar-refractivity contribution is 9.10. The number of carbonyl (C=O) groups is 2. The lowest BCUT2D eigenvalue weighted by atomic mass is 10.1. The van der Waals surface area contributed by atoms with E-state index < -0.39 is 0 Å². The van der Waals surface area contributed by atoms with Gasteiger partial charge < -0.3 is 9.47 Å². The van der Waals surface area contributed by atoms with Crippen molar-refractivity contribution >= 4 is 27.9 Å². The molecule has 0 saturated carbocycles. The van der Waals surface area contributed by atoms with Crippen LogP contribution in [0.4, 0.5) is 0 Å². The fraction of sp³-hybridized carbons (Fsp3) is 0.636. The predicted molar refractivity (Wildman–Crippen MR) is 111 cm³/mol. The number of carbonyl (C=O) groups excluding carboxylic acids is 2. The van der Waals surface area contributed by atoms with Crippen LogP contribution >= 0.6 is 15.9 Å². The van der Waals surface area contributed by atoms with Gasteiger partial charge in [0.25, 0.3) is 0 Å². The molecule has 0 saturated heterocycles. The summed E-state index contributed by atoms with van der Waals surface area (Å²) < 4.78 is 11.6. The molecule has 0 fully saturated rings. The van der Waals surface area contributed by atoms with E-state index in [2.05, 4.69) is 22.9 Å². The van der Waals surface area contributed by atoms with Gasteiger partial charge in [0.15, 0.2) is 0 Å². The quantitative estimate of drug-likeness (QED) is 0.244. The Hall–Kier alpha value is -1.36. The molecule has 27 heavy (non-hydrogen) atoms. The van der Waals surface area contributed by atoms with E-state index >= 15 is 0 Å². The van der Waals surface area contributed by atoms with Crippen molar-refractivity contribution in [1.82, 2.24) is 0 Å². The Morgan fingerprint density at radius 3 is 2.33 bits per heavy atom. The number of rotatable bonds is 14. The summed E-state index contributed by atoms with van der Waals surface area (Å²) >= 11 is 3.41. The summed E-state index contributed by atoms with van der Waals surface area (Å²) in [5.74, 6) is -0.517. The summed E-state index contributed by atoms with van der Waals surface area (Å²) in [4.78, 5) is 23.6. The summed E-state index contributed by atoms with van der Waals surface area (Å²) in [6, 6.07) is 7.68. The minimum atomic E-state index is -0.306. The Morgan fingerprint density at radius 1 is 0.963 bits per heavy atom. The van der Waals surface area contributed by atoms with Crippen LogP contribution in [0, 0.1) is 0 Å². The van der Waals surface area contributed by atoms with E-state index in [-0.39, 0.29) is 30.9 Å². The van der Waals surface area contributed by atoms with Crippen LogP contribution in [0.15, 0.2) is 28.7 Å². The zero-order valence-corrected chi connectivity index (χ0v) is 18.3. The van der Waals surface area contributed by atoms with Gasteiger partial charge >= 0.3 is 11.9 Å². The lowest BCUT2D eigenvalue weighted by Gasteiger charge is -2.14. The van der Waals surface area contributed by atoms with Crippen LogP contribution in [0.3, 0.4) is 0 Å². The van der Waals surface area contributed by atoms with Gasteiger partial charge in [0.05, 0.1) is 6.61 Å². The Kier molecular flexibility index (Phi) is 12.9. The van der Waals surface area contributed by atoms with Gasteiger partial charge in [-0.05, 0) is 37.5 Å². The third-order valence-corrected chi connectivity index (χ3v) is 4.89. The zero-order chi connectivity index (χ0) is 19.9. The number of hydrogen-bond donors (Lipinski definition) is 0. The molecule has 4 nitrogen and oxygen atoms in total. The maximum atomic E-state index is 11.9. The summed E-state index contributed by atoms with van der Waals surface area (Å²) in [6.45, 7) is 4.54. The standard InChI is InChI=1S/C22H33BrO4/c1-3-4-5-6-7-8-9-16-26-21(24)14-11-15-22(25)27-18(2)19-12-10-13-20(23)17-19/h10,12-13,17-18H,3-9,11,14-16H2,1-2H3. The molecule has 0 aliphatic carbocycles. The highest BCUT2D eigenvalue weighted by atomic mass is 79.9. The third kappa shape index (κ3) is 11.9. The first-order valence-electron chi connectivity index (χ1n) is 10.1. The number of unbranched alkanes of at least 4 members (excludes halogenated alkanes) is 6. The van der Waals surface area contributed by atoms with Crippen molar-refractivity contribution in [1.29, 1.82) is 0 Å². The SMILES string of the molecule is CCCCCCCCCOC(=O)CCCC(=O)OC(C)c1cccc(Br)c1. The van der Waals surface area contributed by atoms with Crippen molar-refractivity contribution < 1.29 is 19.1 Å². The van der Waals surface area contributed by atoms with Gasteiger partial charge in [-0.1, -0.05) is 73.5 Å². The van der Waals surface area contributed by atoms with Crippen LogP contribution in [0.25, 0.3) is 0 Å². The highest BCUT2D eigenvalue weighted by Crippen LogP contribution is 2.21. The topological polar surface area (TPSA) is 52.6 Å². The number of hydrogen-bond acceptors (Lipinski definition) is 4. The average molecular weight is 441 g/mol. The molecule has 0 N–H and O–H groups in total. The Morgan fingerprint density at radius 2 is 1.63 bits per heavy atom. The molecule has 1 aromatic carbocycles. The van der Waals surface area contributed by atoms with Crippen molar-refractivity contribution in [3.63, 3.8) is 0 Å². The fourth-order valence-electron chi connectivity index (χ4n) is 2.78. The van der Waals surface area contributed by atoms with E-state index in [1.54, 1.807) is 0 Å². The number of halogens is 1. The second-order valence-corrected chi connectivity index (χ2v) is 7.80. The molecule has 0 radical (unpaired) electrons. The lowest BCUT2D eigenvalue weighted by Crippen LogP contribution is -2.11. The summed E-state index contributed by atoms with van der Waals surface area (Å²) in [7, 11) is 0. The van der Waals surface area contributed by atoms with Crippen LogP contribution in [0.2, 0.25) is 0 Å². The van der Waals surface area contributed by atoms with Gasteiger partial charge in [-0.15, -0.1) is 0 Å². The van der Waals surface area contributed by atoms with E-state index in [9.17, 15) is 9.59 Å². The van der Waals surface area contributed by atoms with Crippen molar-refractivity contribution in [3.8, 4) is 0 Å². The second-order valence-electron chi connectivity index (χ2n) is 6.88. The monoisotopic (exact) mass is 440 g/mol. The lowest BCUT2D eigenvalue weighted by molar-refractivity contribution is -0.149. The first kappa shape index (κ1) is 23.7. The van der Waals surface area contributed by atoms with E-state index in [1.165, 1.54) is 32.1 Å². The zero-order valence-electron chi connectivity index (χ0n) is 16.7. The molecule has 1 rings (SSSR count). The van der Waals surface area contributed by atoms with E-state index in [1.807, 2.05) is 31.2 Å². The molecule has 0 amide bonds. The van der Waals surface area contributed by atoms with Crippen LogP contribution < -0.4 is 0 Å².